The lowest BCUT2D eigenvalue weighted by Crippen LogP contribution is -2.44. The second-order valence-corrected chi connectivity index (χ2v) is 3.72. The van der Waals surface area contributed by atoms with Crippen LogP contribution in [0.2, 0.25) is 0 Å². The van der Waals surface area contributed by atoms with Gasteiger partial charge in [-0.25, -0.2) is 0 Å². The molecule has 0 radical (unpaired) electrons. The van der Waals surface area contributed by atoms with Gasteiger partial charge in [0.15, 0.2) is 0 Å². The van der Waals surface area contributed by atoms with Crippen molar-refractivity contribution in [3.05, 3.63) is 0 Å². The standard InChI is InChI=1S/C10H18N2O/c1-2-9(5-6-11)12-7-3-4-10(13)8-12/h9-10,13H,2-5,7-8H2,1H3/t9?,10-/m0/s1. The van der Waals surface area contributed by atoms with Crippen LogP contribution < -0.4 is 0 Å². The van der Waals surface area contributed by atoms with Crippen LogP contribution in [0.25, 0.3) is 0 Å². The van der Waals surface area contributed by atoms with E-state index >= 15 is 0 Å². The molecule has 1 unspecified atom stereocenters. The SMILES string of the molecule is CCC(CC#N)N1CCC[C@H](O)C1. The van der Waals surface area contributed by atoms with E-state index in [1.54, 1.807) is 0 Å². The summed E-state index contributed by atoms with van der Waals surface area (Å²) in [4.78, 5) is 2.25. The highest BCUT2D eigenvalue weighted by atomic mass is 16.3. The summed E-state index contributed by atoms with van der Waals surface area (Å²) in [5.41, 5.74) is 0. The third-order valence-electron chi connectivity index (χ3n) is 2.74. The molecule has 0 aromatic carbocycles. The molecule has 1 N–H and O–H groups in total. The van der Waals surface area contributed by atoms with Gasteiger partial charge in [0.1, 0.15) is 0 Å². The molecule has 1 saturated heterocycles. The zero-order chi connectivity index (χ0) is 9.68. The second kappa shape index (κ2) is 5.21. The average Bonchev–Trinajstić information content (AvgIpc) is 2.14. The first kappa shape index (κ1) is 10.5. The first-order valence-corrected chi connectivity index (χ1v) is 5.07. The normalized spacial score (nSPS) is 26.7. The summed E-state index contributed by atoms with van der Waals surface area (Å²) in [5.74, 6) is 0. The minimum atomic E-state index is -0.179. The number of nitriles is 1. The third kappa shape index (κ3) is 2.98. The zero-order valence-corrected chi connectivity index (χ0v) is 8.24. The van der Waals surface area contributed by atoms with Gasteiger partial charge in [-0.2, -0.15) is 5.26 Å². The summed E-state index contributed by atoms with van der Waals surface area (Å²) < 4.78 is 0. The summed E-state index contributed by atoms with van der Waals surface area (Å²) in [6, 6.07) is 2.55. The highest BCUT2D eigenvalue weighted by molar-refractivity contribution is 4.85. The first-order chi connectivity index (χ1) is 6.27. The van der Waals surface area contributed by atoms with Crippen molar-refractivity contribution < 1.29 is 5.11 Å². The summed E-state index contributed by atoms with van der Waals surface area (Å²) in [5, 5.41) is 18.1. The molecule has 2 atom stereocenters. The van der Waals surface area contributed by atoms with Crippen LogP contribution in [0.15, 0.2) is 0 Å². The van der Waals surface area contributed by atoms with Gasteiger partial charge >= 0.3 is 0 Å². The van der Waals surface area contributed by atoms with Crippen LogP contribution in [0.3, 0.4) is 0 Å². The molecular weight excluding hydrogens is 164 g/mol. The minimum absolute atomic E-state index is 0.179. The van der Waals surface area contributed by atoms with Gasteiger partial charge in [-0.3, -0.25) is 4.90 Å². The topological polar surface area (TPSA) is 47.3 Å². The number of hydrogen-bond donors (Lipinski definition) is 1. The van der Waals surface area contributed by atoms with Crippen molar-refractivity contribution in [2.75, 3.05) is 13.1 Å². The highest BCUT2D eigenvalue weighted by Crippen LogP contribution is 2.16. The molecule has 0 spiro atoms. The maximum absolute atomic E-state index is 9.47. The Hall–Kier alpha value is -0.590. The van der Waals surface area contributed by atoms with Gasteiger partial charge in [-0.05, 0) is 25.8 Å². The Labute approximate surface area is 80.0 Å². The van der Waals surface area contributed by atoms with Crippen molar-refractivity contribution >= 4 is 0 Å². The lowest BCUT2D eigenvalue weighted by molar-refractivity contribution is 0.0463. The number of rotatable bonds is 3. The number of aliphatic hydroxyl groups is 1. The molecule has 0 bridgehead atoms. The van der Waals surface area contributed by atoms with Gasteiger partial charge in [0.05, 0.1) is 18.6 Å². The smallest absolute Gasteiger partial charge is 0.0667 e. The van der Waals surface area contributed by atoms with E-state index in [1.165, 1.54) is 0 Å². The van der Waals surface area contributed by atoms with Crippen LogP contribution in [0.5, 0.6) is 0 Å². The van der Waals surface area contributed by atoms with Crippen LogP contribution in [0.1, 0.15) is 32.6 Å². The van der Waals surface area contributed by atoms with Crippen LogP contribution in [-0.2, 0) is 0 Å². The molecule has 1 fully saturated rings. The number of hydrogen-bond acceptors (Lipinski definition) is 3. The number of likely N-dealkylation sites (tertiary alicyclic amines) is 1. The van der Waals surface area contributed by atoms with E-state index in [0.717, 1.165) is 32.4 Å². The fourth-order valence-corrected chi connectivity index (χ4v) is 1.95. The fraction of sp³-hybridized carbons (Fsp3) is 0.900. The van der Waals surface area contributed by atoms with Crippen molar-refractivity contribution in [2.24, 2.45) is 0 Å². The molecule has 0 saturated carbocycles. The molecule has 0 aromatic rings. The second-order valence-electron chi connectivity index (χ2n) is 3.72. The Morgan fingerprint density at radius 2 is 2.46 bits per heavy atom. The Bertz CT molecular complexity index is 188. The number of aliphatic hydroxyl groups excluding tert-OH is 1. The summed E-state index contributed by atoms with van der Waals surface area (Å²) >= 11 is 0. The Kier molecular flexibility index (Phi) is 4.20. The quantitative estimate of drug-likeness (QED) is 0.712. The van der Waals surface area contributed by atoms with Gasteiger partial charge < -0.3 is 5.11 Å². The van der Waals surface area contributed by atoms with Gasteiger partial charge in [0.25, 0.3) is 0 Å². The molecule has 3 heteroatoms. The molecule has 0 aromatic heterocycles. The van der Waals surface area contributed by atoms with Gasteiger partial charge in [-0.1, -0.05) is 6.92 Å². The third-order valence-corrected chi connectivity index (χ3v) is 2.74. The van der Waals surface area contributed by atoms with Crippen LogP contribution in [0.4, 0.5) is 0 Å². The molecule has 0 amide bonds. The van der Waals surface area contributed by atoms with Crippen LogP contribution in [0, 0.1) is 11.3 Å². The Morgan fingerprint density at radius 3 is 3.00 bits per heavy atom. The molecule has 74 valence electrons. The molecule has 1 aliphatic heterocycles. The van der Waals surface area contributed by atoms with Crippen LogP contribution in [-0.4, -0.2) is 35.2 Å². The fourth-order valence-electron chi connectivity index (χ4n) is 1.95. The number of nitrogens with zero attached hydrogens (tertiary/aromatic N) is 2. The zero-order valence-electron chi connectivity index (χ0n) is 8.24. The molecule has 0 aliphatic carbocycles. The van der Waals surface area contributed by atoms with E-state index in [-0.39, 0.29) is 6.10 Å². The van der Waals surface area contributed by atoms with Gasteiger partial charge in [0.2, 0.25) is 0 Å². The van der Waals surface area contributed by atoms with E-state index < -0.39 is 0 Å². The summed E-state index contributed by atoms with van der Waals surface area (Å²) in [6.45, 7) is 3.89. The van der Waals surface area contributed by atoms with E-state index in [2.05, 4.69) is 17.9 Å². The van der Waals surface area contributed by atoms with E-state index in [9.17, 15) is 5.11 Å². The number of β-amino-alcohol motifs (C(OH)–C–C–N with tert-alkyl or cyclic N) is 1. The Balaban J connectivity index is 2.43. The lowest BCUT2D eigenvalue weighted by Gasteiger charge is -2.35. The molecule has 1 aliphatic rings. The predicted octanol–water partition coefficient (Wildman–Crippen LogP) is 1.14. The minimum Gasteiger partial charge on any atom is -0.392 e. The highest BCUT2D eigenvalue weighted by Gasteiger charge is 2.23. The summed E-state index contributed by atoms with van der Waals surface area (Å²) in [6.07, 6.45) is 3.38. The average molecular weight is 182 g/mol. The Morgan fingerprint density at radius 1 is 1.69 bits per heavy atom. The van der Waals surface area contributed by atoms with Gasteiger partial charge in [-0.15, -0.1) is 0 Å². The maximum Gasteiger partial charge on any atom is 0.0667 e. The van der Waals surface area contributed by atoms with Crippen molar-refractivity contribution in [3.8, 4) is 6.07 Å². The van der Waals surface area contributed by atoms with E-state index in [0.29, 0.717) is 12.5 Å². The maximum atomic E-state index is 9.47. The van der Waals surface area contributed by atoms with E-state index in [1.807, 2.05) is 0 Å². The predicted molar refractivity (Wildman–Crippen MR) is 51.1 cm³/mol. The largest absolute Gasteiger partial charge is 0.392 e. The molecule has 3 nitrogen and oxygen atoms in total. The van der Waals surface area contributed by atoms with E-state index in [4.69, 9.17) is 5.26 Å². The first-order valence-electron chi connectivity index (χ1n) is 5.07. The summed E-state index contributed by atoms with van der Waals surface area (Å²) in [7, 11) is 0. The van der Waals surface area contributed by atoms with Crippen molar-refractivity contribution in [1.82, 2.24) is 4.90 Å². The number of piperidine rings is 1. The van der Waals surface area contributed by atoms with Gasteiger partial charge in [0, 0.05) is 12.6 Å². The van der Waals surface area contributed by atoms with Crippen molar-refractivity contribution in [2.45, 2.75) is 44.8 Å². The lowest BCUT2D eigenvalue weighted by atomic mass is 10.0. The molecule has 13 heavy (non-hydrogen) atoms. The van der Waals surface area contributed by atoms with Crippen LogP contribution >= 0.6 is 0 Å². The molecule has 1 heterocycles. The van der Waals surface area contributed by atoms with Crippen molar-refractivity contribution in [1.29, 1.82) is 5.26 Å². The molecular formula is C10H18N2O. The monoisotopic (exact) mass is 182 g/mol. The van der Waals surface area contributed by atoms with Crippen molar-refractivity contribution in [3.63, 3.8) is 0 Å². The molecule has 1 rings (SSSR count).